The Labute approximate surface area is 135 Å². The van der Waals surface area contributed by atoms with Crippen molar-refractivity contribution >= 4 is 40.0 Å². The van der Waals surface area contributed by atoms with E-state index in [2.05, 4.69) is 20.6 Å². The van der Waals surface area contributed by atoms with Crippen LogP contribution in [0.2, 0.25) is 5.28 Å². The maximum Gasteiger partial charge on any atom is 0.263 e. The molecule has 0 fully saturated rings. The smallest absolute Gasteiger partial charge is 0.263 e. The molecule has 23 heavy (non-hydrogen) atoms. The second-order valence-electron chi connectivity index (χ2n) is 4.73. The molecule has 9 heteroatoms. The Hall–Kier alpha value is -2.87. The molecular formula is C14H12ClN5O3. The molecule has 0 radical (unpaired) electrons. The van der Waals surface area contributed by atoms with Crippen LogP contribution < -0.4 is 16.2 Å². The van der Waals surface area contributed by atoms with E-state index in [9.17, 15) is 9.59 Å². The number of carbonyl (C=O) groups is 1. The first-order chi connectivity index (χ1) is 11.0. The minimum atomic E-state index is -0.384. The predicted molar refractivity (Wildman–Crippen MR) is 85.2 cm³/mol. The monoisotopic (exact) mass is 333 g/mol. The van der Waals surface area contributed by atoms with Gasteiger partial charge in [0.05, 0.1) is 5.69 Å². The summed E-state index contributed by atoms with van der Waals surface area (Å²) in [5.74, 6) is -0.206. The van der Waals surface area contributed by atoms with E-state index < -0.39 is 0 Å². The molecule has 0 saturated carbocycles. The van der Waals surface area contributed by atoms with Crippen molar-refractivity contribution in [1.29, 1.82) is 0 Å². The third-order valence-electron chi connectivity index (χ3n) is 3.29. The Balaban J connectivity index is 2.13. The third-order valence-corrected chi connectivity index (χ3v) is 3.47. The van der Waals surface area contributed by atoms with Crippen molar-refractivity contribution in [1.82, 2.24) is 19.9 Å². The van der Waals surface area contributed by atoms with Crippen molar-refractivity contribution < 1.29 is 9.21 Å². The molecule has 0 aliphatic heterocycles. The summed E-state index contributed by atoms with van der Waals surface area (Å²) < 4.78 is 6.79. The quantitative estimate of drug-likeness (QED) is 0.707. The van der Waals surface area contributed by atoms with E-state index >= 15 is 0 Å². The van der Waals surface area contributed by atoms with Crippen molar-refractivity contribution in [3.63, 3.8) is 0 Å². The molecular weight excluding hydrogens is 322 g/mol. The van der Waals surface area contributed by atoms with E-state index in [1.165, 1.54) is 24.1 Å². The van der Waals surface area contributed by atoms with Crippen LogP contribution in [-0.4, -0.2) is 27.5 Å². The molecule has 1 amide bonds. The topological polar surface area (TPSA) is 102 Å². The molecule has 3 heterocycles. The predicted octanol–water partition coefficient (Wildman–Crippen LogP) is 1.68. The fourth-order valence-electron chi connectivity index (χ4n) is 2.12. The summed E-state index contributed by atoms with van der Waals surface area (Å²) in [5, 5.41) is 5.73. The van der Waals surface area contributed by atoms with Crippen LogP contribution in [0.4, 0.5) is 11.5 Å². The molecule has 0 aromatic carbocycles. The van der Waals surface area contributed by atoms with E-state index in [0.717, 1.165) is 0 Å². The number of nitrogens with one attached hydrogen (secondary N) is 2. The molecule has 0 aliphatic rings. The Morgan fingerprint density at radius 2 is 2.22 bits per heavy atom. The van der Waals surface area contributed by atoms with Gasteiger partial charge in [0.25, 0.3) is 11.5 Å². The number of furan rings is 1. The Morgan fingerprint density at radius 1 is 1.43 bits per heavy atom. The van der Waals surface area contributed by atoms with E-state index in [1.54, 1.807) is 19.3 Å². The van der Waals surface area contributed by atoms with Crippen molar-refractivity contribution in [3.8, 4) is 0 Å². The summed E-state index contributed by atoms with van der Waals surface area (Å²) in [4.78, 5) is 32.0. The number of hydrogen-bond donors (Lipinski definition) is 2. The van der Waals surface area contributed by atoms with Crippen LogP contribution in [0.5, 0.6) is 0 Å². The maximum atomic E-state index is 12.3. The van der Waals surface area contributed by atoms with Crippen LogP contribution in [0, 0.1) is 0 Å². The number of anilines is 2. The second-order valence-corrected chi connectivity index (χ2v) is 5.06. The van der Waals surface area contributed by atoms with Gasteiger partial charge >= 0.3 is 0 Å². The largest absolute Gasteiger partial charge is 0.462 e. The molecule has 0 spiro atoms. The lowest BCUT2D eigenvalue weighted by Gasteiger charge is -2.08. The minimum absolute atomic E-state index is 0.0270. The lowest BCUT2D eigenvalue weighted by Crippen LogP contribution is -2.20. The molecule has 0 unspecified atom stereocenters. The zero-order valence-corrected chi connectivity index (χ0v) is 13.0. The number of carbonyl (C=O) groups excluding carboxylic acids is 1. The van der Waals surface area contributed by atoms with Gasteiger partial charge in [-0.05, 0) is 17.7 Å². The fraction of sp³-hybridized carbons (Fsp3) is 0.143. The number of hydrogen-bond acceptors (Lipinski definition) is 6. The first-order valence-corrected chi connectivity index (χ1v) is 6.97. The molecule has 0 bridgehead atoms. The molecule has 0 aliphatic carbocycles. The normalized spacial score (nSPS) is 10.7. The molecule has 3 aromatic rings. The maximum absolute atomic E-state index is 12.3. The average molecular weight is 334 g/mol. The SMILES string of the molecule is CNC(=O)c1cnc(Cl)nc1Nc1coc2ccn(C)c(=O)c12. The first-order valence-electron chi connectivity index (χ1n) is 6.59. The van der Waals surface area contributed by atoms with Gasteiger partial charge in [0.1, 0.15) is 28.6 Å². The highest BCUT2D eigenvalue weighted by atomic mass is 35.5. The standard InChI is InChI=1S/C14H12ClN5O3/c1-16-12(21)7-5-17-14(15)19-11(7)18-8-6-23-9-3-4-20(2)13(22)10(8)9/h3-6H,1-2H3,(H,16,21)(H,17,18,19). The first kappa shape index (κ1) is 15.0. The molecule has 8 nitrogen and oxygen atoms in total. The van der Waals surface area contributed by atoms with Crippen LogP contribution in [0.1, 0.15) is 10.4 Å². The number of aryl methyl sites for hydroxylation is 1. The molecule has 0 saturated heterocycles. The van der Waals surface area contributed by atoms with Crippen LogP contribution >= 0.6 is 11.6 Å². The number of amides is 1. The number of halogens is 1. The highest BCUT2D eigenvalue weighted by Crippen LogP contribution is 2.26. The van der Waals surface area contributed by atoms with Gasteiger partial charge in [-0.25, -0.2) is 4.98 Å². The number of nitrogens with zero attached hydrogens (tertiary/aromatic N) is 3. The number of aromatic nitrogens is 3. The van der Waals surface area contributed by atoms with Gasteiger partial charge in [-0.1, -0.05) is 0 Å². The minimum Gasteiger partial charge on any atom is -0.462 e. The van der Waals surface area contributed by atoms with Crippen molar-refractivity contribution in [2.24, 2.45) is 7.05 Å². The van der Waals surface area contributed by atoms with Gasteiger partial charge in [-0.15, -0.1) is 0 Å². The van der Waals surface area contributed by atoms with E-state index in [0.29, 0.717) is 16.7 Å². The summed E-state index contributed by atoms with van der Waals surface area (Å²) in [6.45, 7) is 0. The zero-order chi connectivity index (χ0) is 16.6. The van der Waals surface area contributed by atoms with Gasteiger partial charge in [0.15, 0.2) is 0 Å². The fourth-order valence-corrected chi connectivity index (χ4v) is 2.25. The van der Waals surface area contributed by atoms with Crippen LogP contribution in [0.15, 0.2) is 33.9 Å². The van der Waals surface area contributed by atoms with Gasteiger partial charge < -0.3 is 19.6 Å². The summed E-state index contributed by atoms with van der Waals surface area (Å²) in [6.07, 6.45) is 4.29. The summed E-state index contributed by atoms with van der Waals surface area (Å²) in [5.41, 5.74) is 0.776. The lowest BCUT2D eigenvalue weighted by atomic mass is 10.2. The highest BCUT2D eigenvalue weighted by molar-refractivity contribution is 6.28. The van der Waals surface area contributed by atoms with Crippen LogP contribution in [0.3, 0.4) is 0 Å². The zero-order valence-electron chi connectivity index (χ0n) is 12.3. The van der Waals surface area contributed by atoms with Crippen molar-refractivity contribution in [2.75, 3.05) is 12.4 Å². The summed E-state index contributed by atoms with van der Waals surface area (Å²) in [6, 6.07) is 1.68. The van der Waals surface area contributed by atoms with Gasteiger partial charge in [0, 0.05) is 26.5 Å². The number of fused-ring (bicyclic) bond motifs is 1. The Kier molecular flexibility index (Phi) is 3.75. The Bertz CT molecular complexity index is 963. The molecule has 3 aromatic heterocycles. The van der Waals surface area contributed by atoms with Gasteiger partial charge in [-0.2, -0.15) is 4.98 Å². The summed E-state index contributed by atoms with van der Waals surface area (Å²) in [7, 11) is 3.12. The van der Waals surface area contributed by atoms with Crippen LogP contribution in [-0.2, 0) is 7.05 Å². The molecule has 118 valence electrons. The molecule has 0 atom stereocenters. The second kappa shape index (κ2) is 5.73. The average Bonchev–Trinajstić information content (AvgIpc) is 2.94. The van der Waals surface area contributed by atoms with E-state index in [1.807, 2.05) is 0 Å². The Morgan fingerprint density at radius 3 is 2.96 bits per heavy atom. The van der Waals surface area contributed by atoms with E-state index in [-0.39, 0.29) is 28.1 Å². The van der Waals surface area contributed by atoms with Crippen molar-refractivity contribution in [2.45, 2.75) is 0 Å². The van der Waals surface area contributed by atoms with Crippen molar-refractivity contribution in [3.05, 3.63) is 45.9 Å². The van der Waals surface area contributed by atoms with Gasteiger partial charge in [0.2, 0.25) is 5.28 Å². The van der Waals surface area contributed by atoms with Gasteiger partial charge in [-0.3, -0.25) is 9.59 Å². The van der Waals surface area contributed by atoms with Crippen LogP contribution in [0.25, 0.3) is 11.0 Å². The van der Waals surface area contributed by atoms with E-state index in [4.69, 9.17) is 16.0 Å². The number of rotatable bonds is 3. The molecule has 2 N–H and O–H groups in total. The third kappa shape index (κ3) is 2.64. The summed E-state index contributed by atoms with van der Waals surface area (Å²) >= 11 is 5.80. The molecule has 3 rings (SSSR count). The number of pyridine rings is 1. The lowest BCUT2D eigenvalue weighted by molar-refractivity contribution is 0.0963. The highest BCUT2D eigenvalue weighted by Gasteiger charge is 2.17.